The smallest absolute Gasteiger partial charge is 0.203 e. The molecule has 2 aromatic rings. The molecule has 1 aromatic heterocycles. The predicted molar refractivity (Wildman–Crippen MR) is 59.4 cm³/mol. The van der Waals surface area contributed by atoms with Crippen LogP contribution in [0.5, 0.6) is 0 Å². The Morgan fingerprint density at radius 2 is 1.81 bits per heavy atom. The number of hydrazone groups is 1. The van der Waals surface area contributed by atoms with Gasteiger partial charge < -0.3 is 5.43 Å². The van der Waals surface area contributed by atoms with Gasteiger partial charge in [0.2, 0.25) is 5.82 Å². The molecule has 80 valence electrons. The Bertz CT molecular complexity index is 452. The van der Waals surface area contributed by atoms with Crippen LogP contribution in [0.4, 0.5) is 0 Å². The molecule has 0 radical (unpaired) electrons. The molecule has 0 unspecified atom stereocenters. The largest absolute Gasteiger partial charge is 0.306 e. The van der Waals surface area contributed by atoms with E-state index in [-0.39, 0.29) is 0 Å². The maximum absolute atomic E-state index is 3.87. The molecule has 0 amide bonds. The summed E-state index contributed by atoms with van der Waals surface area (Å²) < 4.78 is 0. The number of nitrogens with zero attached hydrogens (tertiary/aromatic N) is 5. The van der Waals surface area contributed by atoms with Gasteiger partial charge in [-0.1, -0.05) is 24.3 Å². The third-order valence-electron chi connectivity index (χ3n) is 2.02. The van der Waals surface area contributed by atoms with Crippen LogP contribution in [-0.4, -0.2) is 27.1 Å². The highest BCUT2D eigenvalue weighted by Gasteiger charge is 2.00. The zero-order chi connectivity index (χ0) is 11.2. The molecule has 0 aliphatic rings. The standard InChI is InChI=1S/C10H10N6/c1-11-12-6-8-2-4-9(5-3-8)10-15-13-7-14-16-10/h2-5,7,12H,1,6H2. The molecule has 1 aromatic carbocycles. The Morgan fingerprint density at radius 1 is 1.12 bits per heavy atom. The van der Waals surface area contributed by atoms with Crippen LogP contribution in [0.2, 0.25) is 0 Å². The van der Waals surface area contributed by atoms with E-state index in [0.29, 0.717) is 12.4 Å². The molecule has 1 heterocycles. The number of hydrogen-bond donors (Lipinski definition) is 1. The lowest BCUT2D eigenvalue weighted by molar-refractivity contribution is 0.751. The molecule has 0 spiro atoms. The third-order valence-corrected chi connectivity index (χ3v) is 2.02. The molecule has 0 aliphatic carbocycles. The van der Waals surface area contributed by atoms with E-state index in [1.807, 2.05) is 24.3 Å². The maximum atomic E-state index is 3.87. The fraction of sp³-hybridized carbons (Fsp3) is 0.100. The number of rotatable bonds is 4. The van der Waals surface area contributed by atoms with E-state index in [0.717, 1.165) is 11.1 Å². The van der Waals surface area contributed by atoms with Crippen LogP contribution in [0.25, 0.3) is 11.4 Å². The summed E-state index contributed by atoms with van der Waals surface area (Å²) in [6.45, 7) is 3.99. The lowest BCUT2D eigenvalue weighted by Gasteiger charge is -2.01. The minimum Gasteiger partial charge on any atom is -0.306 e. The third kappa shape index (κ3) is 2.35. The molecule has 0 aliphatic heterocycles. The van der Waals surface area contributed by atoms with Gasteiger partial charge in [-0.2, -0.15) is 5.10 Å². The van der Waals surface area contributed by atoms with E-state index < -0.39 is 0 Å². The summed E-state index contributed by atoms with van der Waals surface area (Å²) in [5.74, 6) is 0.517. The molecule has 6 nitrogen and oxygen atoms in total. The van der Waals surface area contributed by atoms with Crippen molar-refractivity contribution >= 4 is 6.72 Å². The molecule has 0 saturated heterocycles. The van der Waals surface area contributed by atoms with Gasteiger partial charge in [-0.3, -0.25) is 0 Å². The van der Waals surface area contributed by atoms with E-state index in [1.165, 1.54) is 6.33 Å². The Morgan fingerprint density at radius 3 is 2.44 bits per heavy atom. The average molecular weight is 214 g/mol. The molecule has 0 fully saturated rings. The van der Waals surface area contributed by atoms with Gasteiger partial charge >= 0.3 is 0 Å². The van der Waals surface area contributed by atoms with Gasteiger partial charge in [0.1, 0.15) is 0 Å². The van der Waals surface area contributed by atoms with Gasteiger partial charge in [0.25, 0.3) is 0 Å². The molecule has 2 rings (SSSR count). The summed E-state index contributed by atoms with van der Waals surface area (Å²) in [7, 11) is 0. The Labute approximate surface area is 92.4 Å². The second kappa shape index (κ2) is 4.92. The van der Waals surface area contributed by atoms with E-state index in [9.17, 15) is 0 Å². The molecule has 1 N–H and O–H groups in total. The minimum absolute atomic E-state index is 0.517. The van der Waals surface area contributed by atoms with Crippen molar-refractivity contribution in [3.8, 4) is 11.4 Å². The first-order valence-corrected chi connectivity index (χ1v) is 4.68. The number of hydrogen-bond acceptors (Lipinski definition) is 6. The molecular weight excluding hydrogens is 204 g/mol. The second-order valence-electron chi connectivity index (χ2n) is 3.06. The van der Waals surface area contributed by atoms with Crippen molar-refractivity contribution in [2.24, 2.45) is 5.10 Å². The molecule has 16 heavy (non-hydrogen) atoms. The molecule has 0 bridgehead atoms. The first-order valence-electron chi connectivity index (χ1n) is 4.68. The normalized spacial score (nSPS) is 9.75. The Balaban J connectivity index is 2.16. The van der Waals surface area contributed by atoms with E-state index in [4.69, 9.17) is 0 Å². The van der Waals surface area contributed by atoms with Crippen molar-refractivity contribution < 1.29 is 0 Å². The van der Waals surface area contributed by atoms with Crippen LogP contribution in [0.3, 0.4) is 0 Å². The Kier molecular flexibility index (Phi) is 3.12. The van der Waals surface area contributed by atoms with Gasteiger partial charge in [-0.05, 0) is 5.56 Å². The van der Waals surface area contributed by atoms with Crippen LogP contribution in [0.1, 0.15) is 5.56 Å². The highest BCUT2D eigenvalue weighted by atomic mass is 15.3. The van der Waals surface area contributed by atoms with Crippen molar-refractivity contribution in [2.75, 3.05) is 0 Å². The fourth-order valence-corrected chi connectivity index (χ4v) is 1.24. The van der Waals surface area contributed by atoms with Gasteiger partial charge in [-0.25, -0.2) is 0 Å². The summed E-state index contributed by atoms with van der Waals surface area (Å²) in [4.78, 5) is 0. The molecule has 0 atom stereocenters. The van der Waals surface area contributed by atoms with Crippen LogP contribution in [-0.2, 0) is 6.54 Å². The monoisotopic (exact) mass is 214 g/mol. The summed E-state index contributed by atoms with van der Waals surface area (Å²) in [5, 5.41) is 18.7. The van der Waals surface area contributed by atoms with Gasteiger partial charge in [0, 0.05) is 12.3 Å². The van der Waals surface area contributed by atoms with Crippen LogP contribution >= 0.6 is 0 Å². The summed E-state index contributed by atoms with van der Waals surface area (Å²) in [5.41, 5.74) is 4.77. The number of benzene rings is 1. The van der Waals surface area contributed by atoms with Crippen molar-refractivity contribution in [2.45, 2.75) is 6.54 Å². The van der Waals surface area contributed by atoms with Crippen LogP contribution in [0, 0.1) is 0 Å². The minimum atomic E-state index is 0.517. The van der Waals surface area contributed by atoms with E-state index >= 15 is 0 Å². The van der Waals surface area contributed by atoms with Crippen molar-refractivity contribution in [1.29, 1.82) is 0 Å². The van der Waals surface area contributed by atoms with Gasteiger partial charge in [-0.15, -0.1) is 20.4 Å². The SMILES string of the molecule is C=NNCc1ccc(-c2nncnn2)cc1. The van der Waals surface area contributed by atoms with Crippen LogP contribution in [0.15, 0.2) is 35.7 Å². The number of aromatic nitrogens is 4. The molecule has 6 heteroatoms. The number of nitrogens with one attached hydrogen (secondary N) is 1. The molecular formula is C10H10N6. The summed E-state index contributed by atoms with van der Waals surface area (Å²) in [6.07, 6.45) is 1.30. The second-order valence-corrected chi connectivity index (χ2v) is 3.06. The highest BCUT2D eigenvalue weighted by Crippen LogP contribution is 2.13. The predicted octanol–water partition coefficient (Wildman–Crippen LogP) is 0.639. The quantitative estimate of drug-likeness (QED) is 0.597. The lowest BCUT2D eigenvalue weighted by atomic mass is 10.1. The Hall–Kier alpha value is -2.37. The molecule has 0 saturated carbocycles. The highest BCUT2D eigenvalue weighted by molar-refractivity contribution is 5.53. The van der Waals surface area contributed by atoms with E-state index in [2.05, 4.69) is 37.6 Å². The van der Waals surface area contributed by atoms with Crippen molar-refractivity contribution in [3.05, 3.63) is 36.2 Å². The zero-order valence-electron chi connectivity index (χ0n) is 8.54. The van der Waals surface area contributed by atoms with Crippen LogP contribution < -0.4 is 5.43 Å². The lowest BCUT2D eigenvalue weighted by Crippen LogP contribution is -2.03. The van der Waals surface area contributed by atoms with Gasteiger partial charge in [0.05, 0.1) is 6.54 Å². The maximum Gasteiger partial charge on any atom is 0.203 e. The zero-order valence-corrected chi connectivity index (χ0v) is 8.54. The summed E-state index contributed by atoms with van der Waals surface area (Å²) in [6, 6.07) is 7.76. The van der Waals surface area contributed by atoms with Crippen molar-refractivity contribution in [1.82, 2.24) is 25.8 Å². The first kappa shape index (κ1) is 10.2. The fourth-order valence-electron chi connectivity index (χ4n) is 1.24. The van der Waals surface area contributed by atoms with Crippen molar-refractivity contribution in [3.63, 3.8) is 0 Å². The summed E-state index contributed by atoms with van der Waals surface area (Å²) >= 11 is 0. The van der Waals surface area contributed by atoms with E-state index in [1.54, 1.807) is 0 Å². The average Bonchev–Trinajstić information content (AvgIpc) is 2.38. The van der Waals surface area contributed by atoms with Gasteiger partial charge in [0.15, 0.2) is 6.33 Å². The topological polar surface area (TPSA) is 76.0 Å². The first-order chi connectivity index (χ1) is 7.90.